The molecule has 0 radical (unpaired) electrons. The van der Waals surface area contributed by atoms with Crippen LogP contribution in [0.3, 0.4) is 0 Å². The van der Waals surface area contributed by atoms with E-state index in [9.17, 15) is 18.0 Å². The summed E-state index contributed by atoms with van der Waals surface area (Å²) < 4.78 is 30.3. The molecule has 45 heavy (non-hydrogen) atoms. The largest absolute Gasteiger partial charge is 0.354 e. The number of carbonyl (C=O) groups excluding carboxylic acids is 2. The van der Waals surface area contributed by atoms with E-state index >= 15 is 0 Å². The topological polar surface area (TPSA) is 86.8 Å². The molecule has 4 aromatic rings. The molecule has 0 unspecified atom stereocenters. The van der Waals surface area contributed by atoms with Crippen LogP contribution in [0.25, 0.3) is 0 Å². The van der Waals surface area contributed by atoms with Crippen molar-refractivity contribution < 1.29 is 18.0 Å². The molecule has 1 N–H and O–H groups in total. The van der Waals surface area contributed by atoms with Crippen molar-refractivity contribution in [3.63, 3.8) is 0 Å². The first-order chi connectivity index (χ1) is 21.4. The van der Waals surface area contributed by atoms with Gasteiger partial charge in [0.05, 0.1) is 10.6 Å². The second-order valence-corrected chi connectivity index (χ2v) is 14.4. The van der Waals surface area contributed by atoms with E-state index in [1.54, 1.807) is 42.5 Å². The number of rotatable bonds is 13. The van der Waals surface area contributed by atoms with Gasteiger partial charge < -0.3 is 10.2 Å². The second kappa shape index (κ2) is 15.4. The average Bonchev–Trinajstić information content (AvgIpc) is 3.01. The number of carbonyl (C=O) groups is 2. The highest BCUT2D eigenvalue weighted by Crippen LogP contribution is 2.26. The van der Waals surface area contributed by atoms with Crippen LogP contribution >= 0.6 is 15.9 Å². The summed E-state index contributed by atoms with van der Waals surface area (Å²) in [6, 6.07) is 29.8. The van der Waals surface area contributed by atoms with Gasteiger partial charge in [0.2, 0.25) is 11.8 Å². The van der Waals surface area contributed by atoms with Crippen molar-refractivity contribution in [1.29, 1.82) is 0 Å². The summed E-state index contributed by atoms with van der Waals surface area (Å²) in [4.78, 5) is 30.0. The minimum atomic E-state index is -4.14. The molecule has 0 spiro atoms. The highest BCUT2D eigenvalue weighted by atomic mass is 79.9. The number of nitrogens with zero attached hydrogens (tertiary/aromatic N) is 2. The lowest BCUT2D eigenvalue weighted by atomic mass is 10.0. The molecule has 236 valence electrons. The molecule has 0 bridgehead atoms. The number of sulfonamides is 1. The molecule has 1 atom stereocenters. The lowest BCUT2D eigenvalue weighted by Crippen LogP contribution is -2.53. The Kier molecular flexibility index (Phi) is 11.6. The monoisotopic (exact) mass is 689 g/mol. The second-order valence-electron chi connectivity index (χ2n) is 11.7. The number of nitrogens with one attached hydrogen (secondary N) is 1. The lowest BCUT2D eigenvalue weighted by molar-refractivity contribution is -0.140. The Bertz CT molecular complexity index is 1690. The van der Waals surface area contributed by atoms with E-state index in [-0.39, 0.29) is 29.7 Å². The average molecular weight is 691 g/mol. The molecule has 0 aliphatic carbocycles. The van der Waals surface area contributed by atoms with E-state index in [0.717, 1.165) is 31.0 Å². The maximum atomic E-state index is 14.5. The van der Waals surface area contributed by atoms with E-state index in [2.05, 4.69) is 21.2 Å². The van der Waals surface area contributed by atoms with Crippen LogP contribution in [-0.2, 0) is 32.6 Å². The first-order valence-electron chi connectivity index (χ1n) is 15.0. The van der Waals surface area contributed by atoms with Gasteiger partial charge in [-0.05, 0) is 72.9 Å². The van der Waals surface area contributed by atoms with Gasteiger partial charge in [0, 0.05) is 24.0 Å². The summed E-state index contributed by atoms with van der Waals surface area (Å²) in [6.45, 7) is 7.84. The van der Waals surface area contributed by atoms with Crippen molar-refractivity contribution in [2.75, 3.05) is 17.4 Å². The van der Waals surface area contributed by atoms with Gasteiger partial charge in [-0.3, -0.25) is 13.9 Å². The van der Waals surface area contributed by atoms with Gasteiger partial charge in [-0.2, -0.15) is 0 Å². The van der Waals surface area contributed by atoms with Gasteiger partial charge in [0.1, 0.15) is 12.6 Å². The minimum absolute atomic E-state index is 0.0809. The van der Waals surface area contributed by atoms with Crippen LogP contribution in [0.15, 0.2) is 112 Å². The summed E-state index contributed by atoms with van der Waals surface area (Å²) in [5.41, 5.74) is 3.84. The van der Waals surface area contributed by atoms with Crippen molar-refractivity contribution in [2.45, 2.75) is 51.6 Å². The van der Waals surface area contributed by atoms with Gasteiger partial charge in [-0.1, -0.05) is 102 Å². The molecule has 0 saturated heterocycles. The molecule has 7 nitrogen and oxygen atoms in total. The number of aryl methyl sites for hydroxylation is 2. The van der Waals surface area contributed by atoms with Crippen molar-refractivity contribution in [3.05, 3.63) is 130 Å². The molecular weight excluding hydrogens is 650 g/mol. The maximum absolute atomic E-state index is 14.5. The van der Waals surface area contributed by atoms with Gasteiger partial charge in [-0.25, -0.2) is 8.42 Å². The zero-order valence-electron chi connectivity index (χ0n) is 26.1. The molecule has 4 rings (SSSR count). The maximum Gasteiger partial charge on any atom is 0.264 e. The standard InChI is InChI=1S/C36H40BrN3O4S/c1-26(2)23-38-36(42)34(22-29-10-6-5-7-11-29)39(24-30-15-17-31(37)18-16-30)35(41)25-40(32-12-8-9-28(4)21-32)45(43,44)33-19-13-27(3)14-20-33/h5-21,26,34H,22-25H2,1-4H3,(H,38,42)/t34-/m0/s1. The molecular formula is C36H40BrN3O4S. The number of anilines is 1. The number of benzene rings is 4. The van der Waals surface area contributed by atoms with Crippen LogP contribution < -0.4 is 9.62 Å². The van der Waals surface area contributed by atoms with Crippen LogP contribution in [0.5, 0.6) is 0 Å². The first kappa shape index (κ1) is 33.9. The third-order valence-electron chi connectivity index (χ3n) is 7.40. The van der Waals surface area contributed by atoms with Gasteiger partial charge >= 0.3 is 0 Å². The van der Waals surface area contributed by atoms with E-state index < -0.39 is 28.5 Å². The Morgan fingerprint density at radius 2 is 1.47 bits per heavy atom. The zero-order chi connectivity index (χ0) is 32.6. The molecule has 4 aromatic carbocycles. The van der Waals surface area contributed by atoms with E-state index in [0.29, 0.717) is 12.2 Å². The first-order valence-corrected chi connectivity index (χ1v) is 17.2. The lowest BCUT2D eigenvalue weighted by Gasteiger charge is -2.34. The predicted octanol–water partition coefficient (Wildman–Crippen LogP) is 6.67. The number of hydrogen-bond acceptors (Lipinski definition) is 4. The smallest absolute Gasteiger partial charge is 0.264 e. The Morgan fingerprint density at radius 3 is 2.09 bits per heavy atom. The quantitative estimate of drug-likeness (QED) is 0.170. The number of halogens is 1. The SMILES string of the molecule is Cc1ccc(S(=O)(=O)N(CC(=O)N(Cc2ccc(Br)cc2)[C@@H](Cc2ccccc2)C(=O)NCC(C)C)c2cccc(C)c2)cc1. The van der Waals surface area contributed by atoms with Crippen molar-refractivity contribution in [3.8, 4) is 0 Å². The molecule has 0 aliphatic heterocycles. The van der Waals surface area contributed by atoms with E-state index in [1.807, 2.05) is 88.4 Å². The Labute approximate surface area is 275 Å². The predicted molar refractivity (Wildman–Crippen MR) is 183 cm³/mol. The fourth-order valence-electron chi connectivity index (χ4n) is 4.91. The molecule has 2 amide bonds. The number of hydrogen-bond donors (Lipinski definition) is 1. The molecule has 0 heterocycles. The molecule has 9 heteroatoms. The summed E-state index contributed by atoms with van der Waals surface area (Å²) in [5, 5.41) is 3.01. The van der Waals surface area contributed by atoms with Gasteiger partial charge in [0.25, 0.3) is 10.0 Å². The summed E-state index contributed by atoms with van der Waals surface area (Å²) in [5.74, 6) is -0.573. The normalized spacial score (nSPS) is 12.0. The van der Waals surface area contributed by atoms with Crippen molar-refractivity contribution in [2.24, 2.45) is 5.92 Å². The van der Waals surface area contributed by atoms with Gasteiger partial charge in [-0.15, -0.1) is 0 Å². The van der Waals surface area contributed by atoms with Crippen LogP contribution in [0.2, 0.25) is 0 Å². The highest BCUT2D eigenvalue weighted by molar-refractivity contribution is 9.10. The molecule has 0 fully saturated rings. The summed E-state index contributed by atoms with van der Waals surface area (Å²) in [7, 11) is -4.14. The van der Waals surface area contributed by atoms with E-state index in [1.165, 1.54) is 4.90 Å². The zero-order valence-corrected chi connectivity index (χ0v) is 28.5. The van der Waals surface area contributed by atoms with Crippen LogP contribution in [0, 0.1) is 19.8 Å². The van der Waals surface area contributed by atoms with Crippen LogP contribution in [0.1, 0.15) is 36.1 Å². The Balaban J connectivity index is 1.79. The summed E-state index contributed by atoms with van der Waals surface area (Å²) in [6.07, 6.45) is 0.266. The van der Waals surface area contributed by atoms with Crippen LogP contribution in [-0.4, -0.2) is 44.3 Å². The minimum Gasteiger partial charge on any atom is -0.354 e. The molecule has 0 aliphatic rings. The highest BCUT2D eigenvalue weighted by Gasteiger charge is 2.34. The number of amides is 2. The summed E-state index contributed by atoms with van der Waals surface area (Å²) >= 11 is 3.47. The fraction of sp³-hybridized carbons (Fsp3) is 0.278. The third kappa shape index (κ3) is 9.28. The molecule has 0 aromatic heterocycles. The van der Waals surface area contributed by atoms with Crippen LogP contribution in [0.4, 0.5) is 5.69 Å². The fourth-order valence-corrected chi connectivity index (χ4v) is 6.58. The van der Waals surface area contributed by atoms with E-state index in [4.69, 9.17) is 0 Å². The molecule has 0 saturated carbocycles. The van der Waals surface area contributed by atoms with Crippen molar-refractivity contribution in [1.82, 2.24) is 10.2 Å². The third-order valence-corrected chi connectivity index (χ3v) is 9.72. The Morgan fingerprint density at radius 1 is 0.800 bits per heavy atom. The van der Waals surface area contributed by atoms with Crippen molar-refractivity contribution >= 4 is 43.5 Å². The Hall–Kier alpha value is -3.95. The van der Waals surface area contributed by atoms with Gasteiger partial charge in [0.15, 0.2) is 0 Å².